The normalized spacial score (nSPS) is 9.62. The second kappa shape index (κ2) is 2.34. The van der Waals surface area contributed by atoms with Crippen LogP contribution in [0.1, 0.15) is 0 Å². The van der Waals surface area contributed by atoms with Gasteiger partial charge in [-0.25, -0.2) is 4.98 Å². The Morgan fingerprint density at radius 3 is 2.88 bits per heavy atom. The molecule has 0 aliphatic rings. The Bertz CT molecular complexity index is 176. The van der Waals surface area contributed by atoms with Crippen LogP contribution in [0, 0.1) is 0 Å². The van der Waals surface area contributed by atoms with Crippen LogP contribution in [-0.2, 0) is 0 Å². The van der Waals surface area contributed by atoms with Crippen LogP contribution >= 0.6 is 23.4 Å². The Kier molecular flexibility index (Phi) is 1.72. The first-order valence-electron chi connectivity index (χ1n) is 1.85. The highest BCUT2D eigenvalue weighted by atomic mass is 32.2. The molecule has 0 aliphatic carbocycles. The maximum Gasteiger partial charge on any atom is 0.181 e. The van der Waals surface area contributed by atoms with Crippen molar-refractivity contribution in [2.45, 2.75) is 4.21 Å². The molecule has 0 aliphatic heterocycles. The third-order valence-electron chi connectivity index (χ3n) is 0.592. The Morgan fingerprint density at radius 1 is 1.88 bits per heavy atom. The summed E-state index contributed by atoms with van der Waals surface area (Å²) in [5, 5.41) is 0.488. The van der Waals surface area contributed by atoms with Crippen LogP contribution in [0.5, 0.6) is 0 Å². The monoisotopic (exact) mass is 148 g/mol. The van der Waals surface area contributed by atoms with Crippen molar-refractivity contribution in [1.29, 1.82) is 0 Å². The van der Waals surface area contributed by atoms with E-state index in [-0.39, 0.29) is 0 Å². The molecule has 0 aromatic carbocycles. The second-order valence-electron chi connectivity index (χ2n) is 1.11. The zero-order chi connectivity index (χ0) is 5.98. The minimum absolute atomic E-state index is 0.488. The second-order valence-corrected chi connectivity index (χ2v) is 3.05. The molecule has 3 nitrogen and oxygen atoms in total. The van der Waals surface area contributed by atoms with E-state index in [0.717, 1.165) is 4.21 Å². The van der Waals surface area contributed by atoms with E-state index in [0.29, 0.717) is 17.2 Å². The number of rotatable bonds is 1. The number of aromatic nitrogens is 1. The number of hydrogen-bond donors (Lipinski definition) is 2. The minimum atomic E-state index is 0.488. The number of nitrogen functional groups attached to an aromatic ring is 1. The highest BCUT2D eigenvalue weighted by Gasteiger charge is 1.94. The summed E-state index contributed by atoms with van der Waals surface area (Å²) >= 11 is 1.93. The maximum absolute atomic E-state index is 8.38. The van der Waals surface area contributed by atoms with Crippen LogP contribution in [0.3, 0.4) is 0 Å². The largest absolute Gasteiger partial charge is 0.375 e. The summed E-state index contributed by atoms with van der Waals surface area (Å²) in [6, 6.07) is 0. The Morgan fingerprint density at radius 2 is 2.62 bits per heavy atom. The lowest BCUT2D eigenvalue weighted by Gasteiger charge is -1.76. The summed E-state index contributed by atoms with van der Waals surface area (Å²) in [6.45, 7) is 0. The molecule has 1 rings (SSSR count). The molecular formula is C3H4N2OS2. The molecule has 0 bridgehead atoms. The molecular weight excluding hydrogens is 144 g/mol. The lowest BCUT2D eigenvalue weighted by Crippen LogP contribution is -1.77. The van der Waals surface area contributed by atoms with Gasteiger partial charge < -0.3 is 10.3 Å². The van der Waals surface area contributed by atoms with E-state index in [1.54, 1.807) is 0 Å². The van der Waals surface area contributed by atoms with Crippen molar-refractivity contribution in [2.75, 3.05) is 5.73 Å². The molecule has 0 saturated carbocycles. The predicted octanol–water partition coefficient (Wildman–Crippen LogP) is 1.29. The van der Waals surface area contributed by atoms with Gasteiger partial charge in [0.2, 0.25) is 0 Å². The van der Waals surface area contributed by atoms with Gasteiger partial charge in [-0.05, 0) is 0 Å². The van der Waals surface area contributed by atoms with Crippen molar-refractivity contribution < 1.29 is 4.55 Å². The third-order valence-corrected chi connectivity index (χ3v) is 1.97. The quantitative estimate of drug-likeness (QED) is 0.589. The molecule has 0 radical (unpaired) electrons. The maximum atomic E-state index is 8.38. The highest BCUT2D eigenvalue weighted by Crippen LogP contribution is 2.22. The zero-order valence-electron chi connectivity index (χ0n) is 3.87. The Labute approximate surface area is 54.8 Å². The summed E-state index contributed by atoms with van der Waals surface area (Å²) in [7, 11) is 0. The SMILES string of the molecule is Nc1ncc(SO)s1. The van der Waals surface area contributed by atoms with Gasteiger partial charge in [0, 0.05) is 12.0 Å². The van der Waals surface area contributed by atoms with Gasteiger partial charge in [0.1, 0.15) is 4.21 Å². The number of nitrogens with two attached hydrogens (primary N) is 1. The number of anilines is 1. The van der Waals surface area contributed by atoms with Crippen molar-refractivity contribution in [3.05, 3.63) is 6.20 Å². The lowest BCUT2D eigenvalue weighted by atomic mass is 11.0. The van der Waals surface area contributed by atoms with Gasteiger partial charge in [-0.2, -0.15) is 0 Å². The molecule has 0 spiro atoms. The lowest BCUT2D eigenvalue weighted by molar-refractivity contribution is 0.665. The fraction of sp³-hybridized carbons (Fsp3) is 0. The highest BCUT2D eigenvalue weighted by molar-refractivity contribution is 7.95. The van der Waals surface area contributed by atoms with Crippen molar-refractivity contribution in [3.63, 3.8) is 0 Å². The summed E-state index contributed by atoms with van der Waals surface area (Å²) in [5.41, 5.74) is 5.24. The zero-order valence-corrected chi connectivity index (χ0v) is 5.50. The van der Waals surface area contributed by atoms with Crippen LogP contribution in [0.25, 0.3) is 0 Å². The summed E-state index contributed by atoms with van der Waals surface area (Å²) in [6.07, 6.45) is 1.53. The van der Waals surface area contributed by atoms with Crippen LogP contribution < -0.4 is 5.73 Å². The average molecular weight is 148 g/mol. The van der Waals surface area contributed by atoms with Crippen LogP contribution in [0.15, 0.2) is 10.4 Å². The average Bonchev–Trinajstić information content (AvgIpc) is 2.14. The summed E-state index contributed by atoms with van der Waals surface area (Å²) in [5.74, 6) is 0. The van der Waals surface area contributed by atoms with Gasteiger partial charge in [-0.3, -0.25) is 0 Å². The molecule has 0 atom stereocenters. The first-order chi connectivity index (χ1) is 3.83. The third kappa shape index (κ3) is 1.12. The topological polar surface area (TPSA) is 59.1 Å². The van der Waals surface area contributed by atoms with Crippen LogP contribution in [0.2, 0.25) is 0 Å². The molecule has 0 amide bonds. The molecule has 3 N–H and O–H groups in total. The Balaban J connectivity index is 2.84. The van der Waals surface area contributed by atoms with Gasteiger partial charge in [-0.15, -0.1) is 0 Å². The summed E-state index contributed by atoms with van der Waals surface area (Å²) < 4.78 is 9.11. The smallest absolute Gasteiger partial charge is 0.181 e. The number of nitrogens with zero attached hydrogens (tertiary/aromatic N) is 1. The van der Waals surface area contributed by atoms with E-state index in [1.165, 1.54) is 17.5 Å². The van der Waals surface area contributed by atoms with Crippen molar-refractivity contribution in [1.82, 2.24) is 4.98 Å². The van der Waals surface area contributed by atoms with Gasteiger partial charge in [0.05, 0.1) is 6.20 Å². The van der Waals surface area contributed by atoms with Crippen molar-refractivity contribution >= 4 is 28.5 Å². The van der Waals surface area contributed by atoms with Gasteiger partial charge in [0.15, 0.2) is 5.13 Å². The van der Waals surface area contributed by atoms with E-state index in [1.807, 2.05) is 0 Å². The molecule has 44 valence electrons. The molecule has 1 heterocycles. The minimum Gasteiger partial charge on any atom is -0.375 e. The van der Waals surface area contributed by atoms with Crippen molar-refractivity contribution in [3.8, 4) is 0 Å². The van der Waals surface area contributed by atoms with Crippen LogP contribution in [0.4, 0.5) is 5.13 Å². The first-order valence-corrected chi connectivity index (χ1v) is 3.44. The van der Waals surface area contributed by atoms with E-state index < -0.39 is 0 Å². The van der Waals surface area contributed by atoms with Gasteiger partial charge in [-0.1, -0.05) is 11.3 Å². The number of thiazole rings is 1. The molecule has 1 aromatic heterocycles. The Hall–Kier alpha value is -0.260. The van der Waals surface area contributed by atoms with E-state index in [9.17, 15) is 0 Å². The van der Waals surface area contributed by atoms with E-state index >= 15 is 0 Å². The molecule has 0 fully saturated rings. The first kappa shape index (κ1) is 5.87. The molecule has 1 aromatic rings. The number of hydrogen-bond acceptors (Lipinski definition) is 5. The predicted molar refractivity (Wildman–Crippen MR) is 35.0 cm³/mol. The molecule has 0 unspecified atom stereocenters. The van der Waals surface area contributed by atoms with Gasteiger partial charge >= 0.3 is 0 Å². The summed E-state index contributed by atoms with van der Waals surface area (Å²) in [4.78, 5) is 3.70. The van der Waals surface area contributed by atoms with Crippen molar-refractivity contribution in [2.24, 2.45) is 0 Å². The van der Waals surface area contributed by atoms with E-state index in [4.69, 9.17) is 10.3 Å². The fourth-order valence-electron chi connectivity index (χ4n) is 0.314. The molecule has 5 heteroatoms. The van der Waals surface area contributed by atoms with Gasteiger partial charge in [0.25, 0.3) is 0 Å². The van der Waals surface area contributed by atoms with Crippen LogP contribution in [-0.4, -0.2) is 9.54 Å². The van der Waals surface area contributed by atoms with E-state index in [2.05, 4.69) is 4.98 Å². The molecule has 0 saturated heterocycles. The fourth-order valence-corrected chi connectivity index (χ4v) is 1.24. The molecule has 8 heavy (non-hydrogen) atoms. The standard InChI is InChI=1S/C3H4N2OS2/c4-3-5-1-2(7-3)8-6/h1,6H,(H2,4,5).